The summed E-state index contributed by atoms with van der Waals surface area (Å²) in [6.45, 7) is 0.592. The molecule has 3 aromatic rings. The molecule has 7 rings (SSSR count). The first-order valence-electron chi connectivity index (χ1n) is 15.5. The Labute approximate surface area is 262 Å². The van der Waals surface area contributed by atoms with Crippen molar-refractivity contribution < 1.29 is 54.1 Å². The fourth-order valence-electron chi connectivity index (χ4n) is 7.30. The Balaban J connectivity index is 1.25. The van der Waals surface area contributed by atoms with E-state index in [0.717, 1.165) is 21.9 Å². The third kappa shape index (κ3) is 5.60. The van der Waals surface area contributed by atoms with Gasteiger partial charge in [0.05, 0.1) is 11.3 Å². The molecule has 0 amide bonds. The van der Waals surface area contributed by atoms with Crippen molar-refractivity contribution in [2.45, 2.75) is 101 Å². The maximum Gasteiger partial charge on any atom is 0.435 e. The summed E-state index contributed by atoms with van der Waals surface area (Å²) >= 11 is 0. The number of esters is 1. The Morgan fingerprint density at radius 1 is 0.766 bits per heavy atom. The third-order valence-corrected chi connectivity index (χ3v) is 9.31. The monoisotopic (exact) mass is 674 g/mol. The van der Waals surface area contributed by atoms with Crippen LogP contribution >= 0.6 is 0 Å². The summed E-state index contributed by atoms with van der Waals surface area (Å²) < 4.78 is 136. The zero-order valence-electron chi connectivity index (χ0n) is 24.8. The quantitative estimate of drug-likeness (QED) is 0.208. The van der Waals surface area contributed by atoms with Crippen LogP contribution in [0.15, 0.2) is 24.3 Å². The molecule has 16 heteroatoms. The van der Waals surface area contributed by atoms with E-state index in [9.17, 15) is 31.1 Å². The first-order chi connectivity index (χ1) is 22.3. The van der Waals surface area contributed by atoms with Crippen LogP contribution in [0.25, 0.3) is 0 Å². The highest BCUT2D eigenvalue weighted by atomic mass is 19.4. The minimum atomic E-state index is -5.02. The van der Waals surface area contributed by atoms with Crippen molar-refractivity contribution in [2.75, 3.05) is 13.2 Å². The van der Waals surface area contributed by atoms with Crippen molar-refractivity contribution in [3.8, 4) is 0 Å². The molecule has 2 fully saturated rings. The zero-order chi connectivity index (χ0) is 33.2. The topological polar surface area (TPSA) is 80.4 Å². The van der Waals surface area contributed by atoms with Crippen LogP contribution in [0.2, 0.25) is 0 Å². The van der Waals surface area contributed by atoms with Gasteiger partial charge in [0.1, 0.15) is 24.8 Å². The molecular weight excluding hydrogens is 644 g/mol. The van der Waals surface area contributed by atoms with Gasteiger partial charge in [-0.1, -0.05) is 18.2 Å². The Morgan fingerprint density at radius 3 is 1.85 bits per heavy atom. The third-order valence-electron chi connectivity index (χ3n) is 9.31. The van der Waals surface area contributed by atoms with Gasteiger partial charge in [-0.05, 0) is 50.2 Å². The lowest BCUT2D eigenvalue weighted by Gasteiger charge is -2.24. The van der Waals surface area contributed by atoms with Gasteiger partial charge in [-0.25, -0.2) is 22.9 Å². The summed E-state index contributed by atoms with van der Waals surface area (Å²) in [5.74, 6) is -2.92. The number of ether oxygens (including phenoxy) is 3. The van der Waals surface area contributed by atoms with Gasteiger partial charge in [-0.2, -0.15) is 36.5 Å². The standard InChI is InChI=1S/C31H30F8N4O4/c32-17-13-19-24(27(30(34,35)36)40-42(19)21-9-3-5-11-45-21)23(17)15-7-1-2-8-16(15)29(44)47-26-18(33)14-20-25(26)28(31(37,38)39)41-43(20)22-10-4-6-12-46-22/h1-2,7-8,17-18,21-23,26H,3-6,9-14H2/t17-,18-,21?,22?,23+,26+/m0/s1. The molecule has 8 nitrogen and oxygen atoms in total. The predicted molar refractivity (Wildman–Crippen MR) is 146 cm³/mol. The highest BCUT2D eigenvalue weighted by Crippen LogP contribution is 2.50. The molecule has 2 aliphatic carbocycles. The molecule has 0 N–H and O–H groups in total. The van der Waals surface area contributed by atoms with E-state index in [2.05, 4.69) is 10.2 Å². The van der Waals surface area contributed by atoms with Crippen LogP contribution in [0.3, 0.4) is 0 Å². The zero-order valence-corrected chi connectivity index (χ0v) is 24.8. The summed E-state index contributed by atoms with van der Waals surface area (Å²) in [7, 11) is 0. The van der Waals surface area contributed by atoms with Crippen molar-refractivity contribution in [3.05, 3.63) is 69.3 Å². The molecule has 47 heavy (non-hydrogen) atoms. The second kappa shape index (κ2) is 11.9. The Bertz CT molecular complexity index is 1660. The van der Waals surface area contributed by atoms with Gasteiger partial charge in [0.15, 0.2) is 17.5 Å². The maximum absolute atomic E-state index is 15.9. The summed E-state index contributed by atoms with van der Waals surface area (Å²) in [5, 5.41) is 7.52. The molecule has 4 heterocycles. The number of halogens is 8. The van der Waals surface area contributed by atoms with Crippen LogP contribution < -0.4 is 0 Å². The molecule has 0 spiro atoms. The molecule has 0 radical (unpaired) electrons. The lowest BCUT2D eigenvalue weighted by Crippen LogP contribution is -2.24. The maximum atomic E-state index is 15.9. The molecule has 2 unspecified atom stereocenters. The molecule has 2 saturated heterocycles. The van der Waals surface area contributed by atoms with Gasteiger partial charge >= 0.3 is 18.3 Å². The lowest BCUT2D eigenvalue weighted by atomic mass is 9.88. The second-order valence-electron chi connectivity index (χ2n) is 12.3. The molecule has 254 valence electrons. The molecule has 0 saturated carbocycles. The highest BCUT2D eigenvalue weighted by molar-refractivity contribution is 5.92. The predicted octanol–water partition coefficient (Wildman–Crippen LogP) is 7.33. The van der Waals surface area contributed by atoms with E-state index >= 15 is 8.78 Å². The normalized spacial score (nSPS) is 27.9. The van der Waals surface area contributed by atoms with Crippen LogP contribution in [0.4, 0.5) is 35.1 Å². The van der Waals surface area contributed by atoms with Crippen LogP contribution in [0.5, 0.6) is 0 Å². The van der Waals surface area contributed by atoms with Gasteiger partial charge in [0, 0.05) is 48.8 Å². The molecular formula is C31H30F8N4O4. The van der Waals surface area contributed by atoms with Crippen molar-refractivity contribution in [2.24, 2.45) is 0 Å². The summed E-state index contributed by atoms with van der Waals surface area (Å²) in [6.07, 6.45) is -15.1. The van der Waals surface area contributed by atoms with E-state index in [-0.39, 0.29) is 23.6 Å². The Hall–Kier alpha value is -3.53. The van der Waals surface area contributed by atoms with E-state index in [0.29, 0.717) is 38.7 Å². The Kier molecular flexibility index (Phi) is 8.09. The van der Waals surface area contributed by atoms with Crippen LogP contribution in [0.1, 0.15) is 113 Å². The smallest absolute Gasteiger partial charge is 0.435 e. The average molecular weight is 675 g/mol. The summed E-state index contributed by atoms with van der Waals surface area (Å²) in [4.78, 5) is 13.6. The molecule has 2 aromatic heterocycles. The minimum absolute atomic E-state index is 0.0127. The van der Waals surface area contributed by atoms with Crippen LogP contribution in [-0.2, 0) is 39.4 Å². The SMILES string of the molecule is O=C(O[C@H]1c2c(C(F)(F)F)nn(C3CCCCO3)c2C[C@@H]1F)c1ccccc1[C@H]1c2c(C(F)(F)F)nn(C3CCCCO3)c2C[C@@H]1F. The van der Waals surface area contributed by atoms with E-state index in [1.165, 1.54) is 18.2 Å². The molecule has 0 bridgehead atoms. The van der Waals surface area contributed by atoms with Gasteiger partial charge in [-0.3, -0.25) is 0 Å². The number of aromatic nitrogens is 4. The number of carbonyl (C=O) groups excluding carboxylic acids is 1. The first-order valence-corrected chi connectivity index (χ1v) is 15.5. The average Bonchev–Trinajstić information content (AvgIpc) is 3.76. The van der Waals surface area contributed by atoms with Crippen LogP contribution in [0, 0.1) is 0 Å². The van der Waals surface area contributed by atoms with Gasteiger partial charge in [0.2, 0.25) is 0 Å². The van der Waals surface area contributed by atoms with Crippen molar-refractivity contribution in [1.29, 1.82) is 0 Å². The highest BCUT2D eigenvalue weighted by Gasteiger charge is 2.51. The molecule has 1 aromatic carbocycles. The summed E-state index contributed by atoms with van der Waals surface area (Å²) in [5.41, 5.74) is -4.52. The summed E-state index contributed by atoms with van der Waals surface area (Å²) in [6, 6.07) is 5.15. The van der Waals surface area contributed by atoms with E-state index in [1.807, 2.05) is 0 Å². The van der Waals surface area contributed by atoms with E-state index in [1.54, 1.807) is 0 Å². The van der Waals surface area contributed by atoms with Crippen molar-refractivity contribution in [1.82, 2.24) is 19.6 Å². The molecule has 4 aliphatic rings. The largest absolute Gasteiger partial charge is 0.451 e. The number of benzene rings is 1. The second-order valence-corrected chi connectivity index (χ2v) is 12.3. The molecule has 2 aliphatic heterocycles. The fraction of sp³-hybridized carbons (Fsp3) is 0.581. The van der Waals surface area contributed by atoms with Crippen molar-refractivity contribution >= 4 is 5.97 Å². The number of hydrogen-bond donors (Lipinski definition) is 0. The van der Waals surface area contributed by atoms with Gasteiger partial charge in [-0.15, -0.1) is 0 Å². The number of alkyl halides is 8. The number of rotatable bonds is 5. The van der Waals surface area contributed by atoms with E-state index < -0.39 is 96.1 Å². The lowest BCUT2D eigenvalue weighted by molar-refractivity contribution is -0.144. The van der Waals surface area contributed by atoms with Crippen molar-refractivity contribution in [3.63, 3.8) is 0 Å². The number of nitrogens with zero attached hydrogens (tertiary/aromatic N) is 4. The number of hydrogen-bond acceptors (Lipinski definition) is 6. The Morgan fingerprint density at radius 2 is 1.30 bits per heavy atom. The number of fused-ring (bicyclic) bond motifs is 2. The number of carbonyl (C=O) groups is 1. The van der Waals surface area contributed by atoms with E-state index in [4.69, 9.17) is 14.2 Å². The first kappa shape index (κ1) is 32.0. The minimum Gasteiger partial charge on any atom is -0.451 e. The van der Waals surface area contributed by atoms with Gasteiger partial charge in [0.25, 0.3) is 0 Å². The fourth-order valence-corrected chi connectivity index (χ4v) is 7.30. The van der Waals surface area contributed by atoms with Crippen LogP contribution in [-0.4, -0.2) is 51.1 Å². The van der Waals surface area contributed by atoms with Gasteiger partial charge < -0.3 is 14.2 Å². The molecule has 6 atom stereocenters.